The van der Waals surface area contributed by atoms with Crippen LogP contribution in [0.3, 0.4) is 0 Å². The smallest absolute Gasteiger partial charge is 0.293 e. The van der Waals surface area contributed by atoms with Gasteiger partial charge in [-0.25, -0.2) is 0 Å². The average Bonchev–Trinajstić information content (AvgIpc) is 3.58. The molecule has 1 aromatic carbocycles. The molecule has 0 N–H and O–H groups in total. The largest absolute Gasteiger partial charge is 0.461 e. The van der Waals surface area contributed by atoms with Gasteiger partial charge in [-0.3, -0.25) is 4.79 Å². The van der Waals surface area contributed by atoms with Crippen molar-refractivity contribution in [1.29, 1.82) is 0 Å². The van der Waals surface area contributed by atoms with Crippen molar-refractivity contribution in [2.24, 2.45) is 5.41 Å². The second-order valence-electron chi connectivity index (χ2n) is 10.0. The highest BCUT2D eigenvalue weighted by Gasteiger charge is 2.44. The molecule has 2 heteroatoms. The molecular formula is C26H40O2. The molecule has 1 aromatic rings. The van der Waals surface area contributed by atoms with Gasteiger partial charge in [0.15, 0.2) is 0 Å². The van der Waals surface area contributed by atoms with Crippen molar-refractivity contribution in [1.82, 2.24) is 0 Å². The average molecular weight is 385 g/mol. The maximum atomic E-state index is 10.6. The predicted octanol–water partition coefficient (Wildman–Crippen LogP) is 7.01. The minimum atomic E-state index is -0.0918. The molecule has 2 aliphatic rings. The third kappa shape index (κ3) is 6.36. The first-order valence-electron chi connectivity index (χ1n) is 11.7. The highest BCUT2D eigenvalue weighted by Crippen LogP contribution is 2.49. The second kappa shape index (κ2) is 9.46. The van der Waals surface area contributed by atoms with Gasteiger partial charge in [0, 0.05) is 0 Å². The van der Waals surface area contributed by atoms with Crippen molar-refractivity contribution in [2.45, 2.75) is 116 Å². The van der Waals surface area contributed by atoms with Crippen molar-refractivity contribution in [3.63, 3.8) is 0 Å². The molecule has 0 radical (unpaired) electrons. The number of ether oxygens (including phenoxy) is 1. The summed E-state index contributed by atoms with van der Waals surface area (Å²) in [4.78, 5) is 10.6. The Morgan fingerprint density at radius 2 is 1.43 bits per heavy atom. The van der Waals surface area contributed by atoms with Crippen LogP contribution in [0, 0.1) is 19.3 Å². The fourth-order valence-corrected chi connectivity index (χ4v) is 4.65. The summed E-state index contributed by atoms with van der Waals surface area (Å²) < 4.78 is 5.27. The normalized spacial score (nSPS) is 18.7. The highest BCUT2D eigenvalue weighted by molar-refractivity contribution is 5.39. The van der Waals surface area contributed by atoms with E-state index in [-0.39, 0.29) is 5.60 Å². The molecule has 0 unspecified atom stereocenters. The van der Waals surface area contributed by atoms with Gasteiger partial charge in [0.2, 0.25) is 0 Å². The quantitative estimate of drug-likeness (QED) is 0.254. The summed E-state index contributed by atoms with van der Waals surface area (Å²) in [6, 6.07) is 4.78. The molecule has 28 heavy (non-hydrogen) atoms. The molecule has 2 saturated carbocycles. The SMILES string of the molecule is Cc1cc(CCCCCCC2(C)CC2)c(C)c(CCCCC2(OC=O)CC2)c1. The van der Waals surface area contributed by atoms with Crippen LogP contribution in [-0.2, 0) is 22.4 Å². The van der Waals surface area contributed by atoms with Crippen LogP contribution in [0.15, 0.2) is 12.1 Å². The van der Waals surface area contributed by atoms with Gasteiger partial charge in [0.05, 0.1) is 0 Å². The lowest BCUT2D eigenvalue weighted by molar-refractivity contribution is -0.135. The van der Waals surface area contributed by atoms with Crippen LogP contribution >= 0.6 is 0 Å². The van der Waals surface area contributed by atoms with Crippen molar-refractivity contribution in [3.8, 4) is 0 Å². The van der Waals surface area contributed by atoms with Crippen LogP contribution in [0.1, 0.15) is 106 Å². The van der Waals surface area contributed by atoms with Gasteiger partial charge < -0.3 is 4.74 Å². The van der Waals surface area contributed by atoms with Crippen molar-refractivity contribution in [2.75, 3.05) is 0 Å². The number of hydrogen-bond donors (Lipinski definition) is 0. The van der Waals surface area contributed by atoms with E-state index in [1.54, 1.807) is 5.56 Å². The zero-order valence-corrected chi connectivity index (χ0v) is 18.4. The van der Waals surface area contributed by atoms with Crippen LogP contribution in [0.2, 0.25) is 0 Å². The standard InChI is InChI=1S/C26H40O2/c1-21-18-23(10-6-4-5-8-12-25(3)14-15-25)22(2)24(19-21)11-7-9-13-26(16-17-26)28-20-27/h18-20H,4-17H2,1-3H3. The summed E-state index contributed by atoms with van der Waals surface area (Å²) >= 11 is 0. The zero-order valence-electron chi connectivity index (χ0n) is 18.4. The third-order valence-corrected chi connectivity index (χ3v) is 7.28. The van der Waals surface area contributed by atoms with Crippen LogP contribution in [0.5, 0.6) is 0 Å². The third-order valence-electron chi connectivity index (χ3n) is 7.28. The molecule has 3 rings (SSSR count). The summed E-state index contributed by atoms with van der Waals surface area (Å²) in [5, 5.41) is 0. The number of carbonyl (C=O) groups is 1. The Hall–Kier alpha value is -1.31. The van der Waals surface area contributed by atoms with Gasteiger partial charge in [0.1, 0.15) is 5.60 Å². The van der Waals surface area contributed by atoms with Crippen molar-refractivity contribution < 1.29 is 9.53 Å². The summed E-state index contributed by atoms with van der Waals surface area (Å²) in [5.41, 5.74) is 6.64. The molecule has 0 aromatic heterocycles. The van der Waals surface area contributed by atoms with Crippen LogP contribution in [0.4, 0.5) is 0 Å². The molecule has 0 atom stereocenters. The lowest BCUT2D eigenvalue weighted by atomic mass is 9.92. The fourth-order valence-electron chi connectivity index (χ4n) is 4.65. The Bertz CT molecular complexity index is 653. The maximum Gasteiger partial charge on any atom is 0.293 e. The van der Waals surface area contributed by atoms with Gasteiger partial charge in [0.25, 0.3) is 6.47 Å². The van der Waals surface area contributed by atoms with E-state index in [0.29, 0.717) is 6.47 Å². The number of hydrogen-bond acceptors (Lipinski definition) is 2. The molecule has 2 fully saturated rings. The van der Waals surface area contributed by atoms with E-state index in [0.717, 1.165) is 37.5 Å². The Kier molecular flexibility index (Phi) is 7.23. The number of rotatable bonds is 14. The highest BCUT2D eigenvalue weighted by atomic mass is 16.5. The molecule has 2 nitrogen and oxygen atoms in total. The second-order valence-corrected chi connectivity index (χ2v) is 10.0. The minimum Gasteiger partial charge on any atom is -0.461 e. The number of carbonyl (C=O) groups excluding carboxylic acids is 1. The van der Waals surface area contributed by atoms with Gasteiger partial charge in [-0.15, -0.1) is 0 Å². The molecular weight excluding hydrogens is 344 g/mol. The van der Waals surface area contributed by atoms with Crippen LogP contribution < -0.4 is 0 Å². The summed E-state index contributed by atoms with van der Waals surface area (Å²) in [5.74, 6) is 0. The zero-order chi connectivity index (χ0) is 20.0. The van der Waals surface area contributed by atoms with Gasteiger partial charge in [-0.2, -0.15) is 0 Å². The lowest BCUT2D eigenvalue weighted by Gasteiger charge is -2.15. The Labute approximate surface area is 172 Å². The van der Waals surface area contributed by atoms with E-state index in [1.165, 1.54) is 74.5 Å². The summed E-state index contributed by atoms with van der Waals surface area (Å²) in [7, 11) is 0. The van der Waals surface area contributed by atoms with Gasteiger partial charge in [-0.1, -0.05) is 43.9 Å². The minimum absolute atomic E-state index is 0.0918. The molecule has 0 heterocycles. The van der Waals surface area contributed by atoms with Crippen LogP contribution in [-0.4, -0.2) is 12.1 Å². The molecule has 156 valence electrons. The van der Waals surface area contributed by atoms with Gasteiger partial charge >= 0.3 is 0 Å². The van der Waals surface area contributed by atoms with E-state index in [4.69, 9.17) is 4.74 Å². The molecule has 2 aliphatic carbocycles. The number of unbranched alkanes of at least 4 members (excludes halogenated alkanes) is 4. The molecule has 0 spiro atoms. The molecule has 0 bridgehead atoms. The first-order chi connectivity index (χ1) is 13.5. The maximum absolute atomic E-state index is 10.6. The molecule has 0 saturated heterocycles. The molecule has 0 amide bonds. The van der Waals surface area contributed by atoms with E-state index < -0.39 is 0 Å². The first kappa shape index (κ1) is 21.4. The van der Waals surface area contributed by atoms with Gasteiger partial charge in [-0.05, 0) is 107 Å². The summed E-state index contributed by atoms with van der Waals surface area (Å²) in [6.45, 7) is 7.64. The fraction of sp³-hybridized carbons (Fsp3) is 0.731. The number of benzene rings is 1. The van der Waals surface area contributed by atoms with E-state index in [9.17, 15) is 4.79 Å². The van der Waals surface area contributed by atoms with E-state index in [1.807, 2.05) is 0 Å². The monoisotopic (exact) mass is 384 g/mol. The Morgan fingerprint density at radius 3 is 2.00 bits per heavy atom. The van der Waals surface area contributed by atoms with Crippen molar-refractivity contribution >= 4 is 6.47 Å². The van der Waals surface area contributed by atoms with Crippen molar-refractivity contribution in [3.05, 3.63) is 34.4 Å². The predicted molar refractivity (Wildman–Crippen MR) is 117 cm³/mol. The van der Waals surface area contributed by atoms with E-state index in [2.05, 4.69) is 32.9 Å². The summed E-state index contributed by atoms with van der Waals surface area (Å²) in [6.07, 6.45) is 17.7. The Balaban J connectivity index is 1.39. The number of aryl methyl sites for hydroxylation is 3. The van der Waals surface area contributed by atoms with E-state index >= 15 is 0 Å². The topological polar surface area (TPSA) is 26.3 Å². The van der Waals surface area contributed by atoms with Crippen LogP contribution in [0.25, 0.3) is 0 Å². The molecule has 0 aliphatic heterocycles. The lowest BCUT2D eigenvalue weighted by Crippen LogP contribution is -2.12. The Morgan fingerprint density at radius 1 is 0.857 bits per heavy atom. The first-order valence-corrected chi connectivity index (χ1v) is 11.7.